The Hall–Kier alpha value is -2.20. The van der Waals surface area contributed by atoms with Gasteiger partial charge in [0.05, 0.1) is 19.2 Å². The molecule has 1 aromatic rings. The molecule has 23 heavy (non-hydrogen) atoms. The SMILES string of the molecule is CC1=CC(O/C=C2/C(=O)CN[C@@H]3c4ccccc4C[C@H]23)CC1=O. The Morgan fingerprint density at radius 2 is 2.00 bits per heavy atom. The van der Waals surface area contributed by atoms with Gasteiger partial charge in [-0.1, -0.05) is 24.3 Å². The van der Waals surface area contributed by atoms with Crippen LogP contribution < -0.4 is 5.32 Å². The van der Waals surface area contributed by atoms with Crippen LogP contribution in [0.15, 0.2) is 47.7 Å². The average molecular weight is 309 g/mol. The summed E-state index contributed by atoms with van der Waals surface area (Å²) in [5.41, 5.74) is 4.07. The van der Waals surface area contributed by atoms with Gasteiger partial charge in [0.2, 0.25) is 0 Å². The van der Waals surface area contributed by atoms with Gasteiger partial charge in [0.15, 0.2) is 11.6 Å². The number of fused-ring (bicyclic) bond motifs is 3. The van der Waals surface area contributed by atoms with Crippen LogP contribution in [-0.2, 0) is 20.7 Å². The highest BCUT2D eigenvalue weighted by Gasteiger charge is 2.40. The van der Waals surface area contributed by atoms with E-state index in [0.29, 0.717) is 13.0 Å². The lowest BCUT2D eigenvalue weighted by Gasteiger charge is -2.29. The van der Waals surface area contributed by atoms with Crippen LogP contribution in [0.25, 0.3) is 0 Å². The quantitative estimate of drug-likeness (QED) is 0.672. The molecule has 118 valence electrons. The molecule has 2 aliphatic carbocycles. The number of allylic oxidation sites excluding steroid dienone is 1. The van der Waals surface area contributed by atoms with Gasteiger partial charge in [-0.25, -0.2) is 0 Å². The Kier molecular flexibility index (Phi) is 3.42. The van der Waals surface area contributed by atoms with Gasteiger partial charge in [-0.2, -0.15) is 0 Å². The maximum absolute atomic E-state index is 12.3. The molecule has 3 atom stereocenters. The minimum Gasteiger partial charge on any atom is -0.493 e. The second kappa shape index (κ2) is 5.46. The molecule has 1 aliphatic heterocycles. The highest BCUT2D eigenvalue weighted by atomic mass is 16.5. The Morgan fingerprint density at radius 3 is 2.78 bits per heavy atom. The van der Waals surface area contributed by atoms with E-state index in [0.717, 1.165) is 17.6 Å². The van der Waals surface area contributed by atoms with Crippen molar-refractivity contribution in [2.75, 3.05) is 6.54 Å². The number of hydrogen-bond acceptors (Lipinski definition) is 4. The Bertz CT molecular complexity index is 747. The molecule has 4 nitrogen and oxygen atoms in total. The number of Topliss-reactive ketones (excluding diaryl/α,β-unsaturated/α-hetero) is 2. The van der Waals surface area contributed by atoms with Gasteiger partial charge in [-0.3, -0.25) is 9.59 Å². The van der Waals surface area contributed by atoms with Crippen LogP contribution in [0, 0.1) is 5.92 Å². The van der Waals surface area contributed by atoms with Crippen LogP contribution in [0.2, 0.25) is 0 Å². The zero-order valence-electron chi connectivity index (χ0n) is 13.0. The van der Waals surface area contributed by atoms with E-state index in [1.165, 1.54) is 11.1 Å². The lowest BCUT2D eigenvalue weighted by molar-refractivity contribution is -0.116. The van der Waals surface area contributed by atoms with Crippen LogP contribution in [0.4, 0.5) is 0 Å². The third-order valence-electron chi connectivity index (χ3n) is 5.07. The molecule has 4 heteroatoms. The largest absolute Gasteiger partial charge is 0.493 e. The molecule has 0 bridgehead atoms. The summed E-state index contributed by atoms with van der Waals surface area (Å²) in [5, 5.41) is 3.35. The molecule has 4 rings (SSSR count). The van der Waals surface area contributed by atoms with Crippen LogP contribution in [0.1, 0.15) is 30.5 Å². The second-order valence-corrected chi connectivity index (χ2v) is 6.52. The van der Waals surface area contributed by atoms with Crippen molar-refractivity contribution in [1.29, 1.82) is 0 Å². The third kappa shape index (κ3) is 2.43. The molecule has 1 heterocycles. The lowest BCUT2D eigenvalue weighted by atomic mass is 9.86. The summed E-state index contributed by atoms with van der Waals surface area (Å²) in [5.74, 6) is 0.330. The van der Waals surface area contributed by atoms with Crippen molar-refractivity contribution in [1.82, 2.24) is 5.32 Å². The first-order valence-electron chi connectivity index (χ1n) is 8.05. The highest BCUT2D eigenvalue weighted by Crippen LogP contribution is 2.42. The van der Waals surface area contributed by atoms with Gasteiger partial charge in [0.25, 0.3) is 0 Å². The predicted molar refractivity (Wildman–Crippen MR) is 85.7 cm³/mol. The van der Waals surface area contributed by atoms with E-state index in [1.807, 2.05) is 18.2 Å². The molecule has 0 amide bonds. The van der Waals surface area contributed by atoms with Gasteiger partial charge >= 0.3 is 0 Å². The number of piperidine rings is 1. The molecule has 3 aliphatic rings. The Morgan fingerprint density at radius 1 is 1.17 bits per heavy atom. The monoisotopic (exact) mass is 309 g/mol. The van der Waals surface area contributed by atoms with Gasteiger partial charge in [0, 0.05) is 17.5 Å². The smallest absolute Gasteiger partial charge is 0.176 e. The summed E-state index contributed by atoms with van der Waals surface area (Å²) < 4.78 is 5.75. The summed E-state index contributed by atoms with van der Waals surface area (Å²) in [4.78, 5) is 23.9. The molecule has 1 unspecified atom stereocenters. The molecule has 1 fully saturated rings. The van der Waals surface area contributed by atoms with Crippen molar-refractivity contribution < 1.29 is 14.3 Å². The fraction of sp³-hybridized carbons (Fsp3) is 0.368. The van der Waals surface area contributed by atoms with Gasteiger partial charge in [0.1, 0.15) is 6.10 Å². The van der Waals surface area contributed by atoms with E-state index in [4.69, 9.17) is 4.74 Å². The molecule has 0 spiro atoms. The van der Waals surface area contributed by atoms with Crippen LogP contribution >= 0.6 is 0 Å². The second-order valence-electron chi connectivity index (χ2n) is 6.52. The number of benzene rings is 1. The number of rotatable bonds is 2. The molecule has 0 radical (unpaired) electrons. The predicted octanol–water partition coefficient (Wildman–Crippen LogP) is 2.26. The first-order chi connectivity index (χ1) is 11.1. The molecular weight excluding hydrogens is 290 g/mol. The van der Waals surface area contributed by atoms with Crippen molar-refractivity contribution >= 4 is 11.6 Å². The molecular formula is C19H19NO3. The van der Waals surface area contributed by atoms with E-state index in [2.05, 4.69) is 17.4 Å². The maximum Gasteiger partial charge on any atom is 0.176 e. The van der Waals surface area contributed by atoms with E-state index in [-0.39, 0.29) is 29.6 Å². The number of carbonyl (C=O) groups excluding carboxylic acids is 2. The van der Waals surface area contributed by atoms with Crippen LogP contribution in [-0.4, -0.2) is 24.2 Å². The van der Waals surface area contributed by atoms with Crippen molar-refractivity contribution in [2.45, 2.75) is 31.9 Å². The molecule has 1 aromatic carbocycles. The van der Waals surface area contributed by atoms with Crippen molar-refractivity contribution in [3.8, 4) is 0 Å². The zero-order chi connectivity index (χ0) is 16.0. The minimum absolute atomic E-state index is 0.0871. The lowest BCUT2D eigenvalue weighted by Crippen LogP contribution is -2.40. The minimum atomic E-state index is -0.236. The van der Waals surface area contributed by atoms with Gasteiger partial charge in [-0.15, -0.1) is 0 Å². The summed E-state index contributed by atoms with van der Waals surface area (Å²) in [6.07, 6.45) is 4.44. The van der Waals surface area contributed by atoms with Gasteiger partial charge in [-0.05, 0) is 36.1 Å². The van der Waals surface area contributed by atoms with Crippen LogP contribution in [0.3, 0.4) is 0 Å². The van der Waals surface area contributed by atoms with E-state index in [9.17, 15) is 9.59 Å². The number of ether oxygens (including phenoxy) is 1. The fourth-order valence-electron chi connectivity index (χ4n) is 3.82. The average Bonchev–Trinajstić information content (AvgIpc) is 3.06. The fourth-order valence-corrected chi connectivity index (χ4v) is 3.82. The van der Waals surface area contributed by atoms with E-state index >= 15 is 0 Å². The van der Waals surface area contributed by atoms with E-state index < -0.39 is 0 Å². The summed E-state index contributed by atoms with van der Waals surface area (Å²) in [7, 11) is 0. The number of ketones is 2. The zero-order valence-corrected chi connectivity index (χ0v) is 13.0. The topological polar surface area (TPSA) is 55.4 Å². The number of nitrogens with one attached hydrogen (secondary N) is 1. The van der Waals surface area contributed by atoms with Crippen molar-refractivity contribution in [2.24, 2.45) is 5.92 Å². The van der Waals surface area contributed by atoms with Crippen LogP contribution in [0.5, 0.6) is 0 Å². The molecule has 0 aromatic heterocycles. The molecule has 1 N–H and O–H groups in total. The first-order valence-corrected chi connectivity index (χ1v) is 8.05. The summed E-state index contributed by atoms with van der Waals surface area (Å²) in [6, 6.07) is 8.51. The maximum atomic E-state index is 12.3. The molecule has 0 saturated carbocycles. The Labute approximate surface area is 135 Å². The van der Waals surface area contributed by atoms with Crippen molar-refractivity contribution in [3.05, 3.63) is 58.9 Å². The summed E-state index contributed by atoms with van der Waals surface area (Å²) in [6.45, 7) is 2.14. The summed E-state index contributed by atoms with van der Waals surface area (Å²) >= 11 is 0. The third-order valence-corrected chi connectivity index (χ3v) is 5.07. The van der Waals surface area contributed by atoms with Gasteiger partial charge < -0.3 is 10.1 Å². The first kappa shape index (κ1) is 14.4. The standard InChI is InChI=1S/C19H19NO3/c1-11-6-13(8-17(11)21)23-10-16-15-7-12-4-2-3-5-14(12)19(15)20-9-18(16)22/h2-6,10,13,15,19-20H,7-9H2,1H3/b16-10+/t13?,15-,19-/m1/s1. The Balaban J connectivity index is 1.57. The number of hydrogen-bond donors (Lipinski definition) is 1. The highest BCUT2D eigenvalue weighted by molar-refractivity contribution is 5.99. The molecule has 1 saturated heterocycles. The van der Waals surface area contributed by atoms with E-state index in [1.54, 1.807) is 13.2 Å². The van der Waals surface area contributed by atoms with Crippen molar-refractivity contribution in [3.63, 3.8) is 0 Å². The normalized spacial score (nSPS) is 31.1. The number of carbonyl (C=O) groups is 2.